The summed E-state index contributed by atoms with van der Waals surface area (Å²) < 4.78 is 9.36. The van der Waals surface area contributed by atoms with Gasteiger partial charge in [-0.05, 0) is 51.7 Å². The van der Waals surface area contributed by atoms with Gasteiger partial charge in [-0.15, -0.1) is 0 Å². The molecule has 0 saturated carbocycles. The first kappa shape index (κ1) is 16.7. The van der Waals surface area contributed by atoms with E-state index in [0.29, 0.717) is 6.61 Å². The number of unbranched alkanes of at least 4 members (excludes halogenated alkanes) is 2. The van der Waals surface area contributed by atoms with E-state index in [9.17, 15) is 9.59 Å². The molecule has 1 fully saturated rings. The highest BCUT2D eigenvalue weighted by molar-refractivity contribution is 5.91. The number of carbonyl (C=O) groups is 2. The second-order valence-corrected chi connectivity index (χ2v) is 4.99. The zero-order valence-electron chi connectivity index (χ0n) is 12.3. The lowest BCUT2D eigenvalue weighted by Crippen LogP contribution is -2.30. The number of methoxy groups -OCH3 is 1. The molecule has 0 spiro atoms. The van der Waals surface area contributed by atoms with Crippen molar-refractivity contribution in [3.05, 3.63) is 12.2 Å². The Morgan fingerprint density at radius 2 is 1.70 bits per heavy atom. The topological polar surface area (TPSA) is 55.8 Å². The van der Waals surface area contributed by atoms with E-state index in [-0.39, 0.29) is 0 Å². The second kappa shape index (κ2) is 10.4. The van der Waals surface area contributed by atoms with E-state index < -0.39 is 11.9 Å². The molecule has 0 radical (unpaired) electrons. The van der Waals surface area contributed by atoms with Crippen LogP contribution in [-0.2, 0) is 19.1 Å². The third kappa shape index (κ3) is 7.94. The number of ether oxygens (including phenoxy) is 2. The maximum atomic E-state index is 11.2. The van der Waals surface area contributed by atoms with Crippen LogP contribution in [0.4, 0.5) is 0 Å². The van der Waals surface area contributed by atoms with Gasteiger partial charge < -0.3 is 14.4 Å². The SMILES string of the molecule is COC(=O)/C=C/C(=O)OCCCCCN1CCCCC1. The first-order valence-corrected chi connectivity index (χ1v) is 7.37. The number of likely N-dealkylation sites (tertiary alicyclic amines) is 1. The van der Waals surface area contributed by atoms with Gasteiger partial charge in [-0.25, -0.2) is 9.59 Å². The van der Waals surface area contributed by atoms with Crippen LogP contribution >= 0.6 is 0 Å². The molecule has 1 saturated heterocycles. The normalized spacial score (nSPS) is 16.2. The standard InChI is InChI=1S/C15H25NO4/c1-19-14(17)8-9-15(18)20-13-7-3-6-12-16-10-4-2-5-11-16/h8-9H,2-7,10-13H2,1H3/b9-8+. The van der Waals surface area contributed by atoms with Crippen LogP contribution in [0.5, 0.6) is 0 Å². The Labute approximate surface area is 120 Å². The molecule has 1 heterocycles. The number of piperidine rings is 1. The minimum Gasteiger partial charge on any atom is -0.466 e. The number of carbonyl (C=O) groups excluding carboxylic acids is 2. The van der Waals surface area contributed by atoms with E-state index in [2.05, 4.69) is 9.64 Å². The summed E-state index contributed by atoms with van der Waals surface area (Å²) in [6.07, 6.45) is 9.25. The molecule has 0 aliphatic carbocycles. The summed E-state index contributed by atoms with van der Waals surface area (Å²) in [7, 11) is 1.26. The van der Waals surface area contributed by atoms with E-state index in [4.69, 9.17) is 4.74 Å². The number of hydrogen-bond acceptors (Lipinski definition) is 5. The van der Waals surface area contributed by atoms with Gasteiger partial charge in [0.2, 0.25) is 0 Å². The highest BCUT2D eigenvalue weighted by atomic mass is 16.5. The highest BCUT2D eigenvalue weighted by Gasteiger charge is 2.08. The molecule has 1 aliphatic heterocycles. The summed E-state index contributed by atoms with van der Waals surface area (Å²) in [5, 5.41) is 0. The van der Waals surface area contributed by atoms with Gasteiger partial charge in [0.05, 0.1) is 13.7 Å². The fraction of sp³-hybridized carbons (Fsp3) is 0.733. The van der Waals surface area contributed by atoms with E-state index in [0.717, 1.165) is 38.0 Å². The Bertz CT molecular complexity index is 322. The molecule has 5 heteroatoms. The Morgan fingerprint density at radius 1 is 1.00 bits per heavy atom. The van der Waals surface area contributed by atoms with Crippen LogP contribution in [-0.4, -0.2) is 50.2 Å². The maximum Gasteiger partial charge on any atom is 0.331 e. The lowest BCUT2D eigenvalue weighted by atomic mass is 10.1. The molecule has 114 valence electrons. The quantitative estimate of drug-likeness (QED) is 0.387. The van der Waals surface area contributed by atoms with Gasteiger partial charge in [-0.1, -0.05) is 6.42 Å². The molecular formula is C15H25NO4. The Kier molecular flexibility index (Phi) is 8.71. The number of nitrogens with zero attached hydrogens (tertiary/aromatic N) is 1. The summed E-state index contributed by atoms with van der Waals surface area (Å²) in [5.41, 5.74) is 0. The monoisotopic (exact) mass is 283 g/mol. The van der Waals surface area contributed by atoms with Gasteiger partial charge >= 0.3 is 11.9 Å². The Balaban J connectivity index is 1.94. The Hall–Kier alpha value is -1.36. The molecule has 1 aliphatic rings. The van der Waals surface area contributed by atoms with E-state index in [1.54, 1.807) is 0 Å². The highest BCUT2D eigenvalue weighted by Crippen LogP contribution is 2.09. The van der Waals surface area contributed by atoms with E-state index >= 15 is 0 Å². The third-order valence-corrected chi connectivity index (χ3v) is 3.37. The average molecular weight is 283 g/mol. The molecule has 0 bridgehead atoms. The number of rotatable bonds is 8. The molecule has 0 amide bonds. The number of hydrogen-bond donors (Lipinski definition) is 0. The predicted molar refractivity (Wildman–Crippen MR) is 76.3 cm³/mol. The second-order valence-electron chi connectivity index (χ2n) is 4.99. The van der Waals surface area contributed by atoms with Gasteiger partial charge in [0.25, 0.3) is 0 Å². The third-order valence-electron chi connectivity index (χ3n) is 3.37. The summed E-state index contributed by atoms with van der Waals surface area (Å²) in [5.74, 6) is -1.05. The Morgan fingerprint density at radius 3 is 2.40 bits per heavy atom. The first-order valence-electron chi connectivity index (χ1n) is 7.37. The minimum absolute atomic E-state index is 0.407. The zero-order chi connectivity index (χ0) is 14.6. The fourth-order valence-electron chi connectivity index (χ4n) is 2.22. The van der Waals surface area contributed by atoms with Crippen molar-refractivity contribution in [3.8, 4) is 0 Å². The summed E-state index contributed by atoms with van der Waals surface area (Å²) >= 11 is 0. The predicted octanol–water partition coefficient (Wildman–Crippen LogP) is 1.91. The van der Waals surface area contributed by atoms with Crippen molar-refractivity contribution in [1.82, 2.24) is 4.90 Å². The smallest absolute Gasteiger partial charge is 0.331 e. The largest absolute Gasteiger partial charge is 0.466 e. The van der Waals surface area contributed by atoms with Gasteiger partial charge in [0, 0.05) is 12.2 Å². The van der Waals surface area contributed by atoms with Gasteiger partial charge in [0.1, 0.15) is 0 Å². The van der Waals surface area contributed by atoms with Crippen LogP contribution in [0.2, 0.25) is 0 Å². The van der Waals surface area contributed by atoms with Gasteiger partial charge in [-0.2, -0.15) is 0 Å². The van der Waals surface area contributed by atoms with Crippen LogP contribution < -0.4 is 0 Å². The first-order chi connectivity index (χ1) is 9.72. The average Bonchev–Trinajstić information content (AvgIpc) is 2.49. The molecule has 0 atom stereocenters. The summed E-state index contributed by atoms with van der Waals surface area (Å²) in [4.78, 5) is 24.5. The summed E-state index contributed by atoms with van der Waals surface area (Å²) in [6.45, 7) is 4.02. The lowest BCUT2D eigenvalue weighted by molar-refractivity contribution is -0.139. The van der Waals surface area contributed by atoms with E-state index in [1.165, 1.54) is 39.5 Å². The molecule has 0 aromatic rings. The van der Waals surface area contributed by atoms with Crippen LogP contribution in [0.1, 0.15) is 38.5 Å². The lowest BCUT2D eigenvalue weighted by Gasteiger charge is -2.26. The van der Waals surface area contributed by atoms with Crippen LogP contribution in [0.3, 0.4) is 0 Å². The van der Waals surface area contributed by atoms with Crippen molar-refractivity contribution >= 4 is 11.9 Å². The van der Waals surface area contributed by atoms with Crippen molar-refractivity contribution < 1.29 is 19.1 Å². The molecule has 20 heavy (non-hydrogen) atoms. The maximum absolute atomic E-state index is 11.2. The molecule has 0 aromatic heterocycles. The van der Waals surface area contributed by atoms with Crippen LogP contribution in [0.15, 0.2) is 12.2 Å². The molecule has 0 unspecified atom stereocenters. The fourth-order valence-corrected chi connectivity index (χ4v) is 2.22. The van der Waals surface area contributed by atoms with Crippen molar-refractivity contribution in [3.63, 3.8) is 0 Å². The minimum atomic E-state index is -0.552. The van der Waals surface area contributed by atoms with Crippen molar-refractivity contribution in [1.29, 1.82) is 0 Å². The summed E-state index contributed by atoms with van der Waals surface area (Å²) in [6, 6.07) is 0. The molecule has 1 rings (SSSR count). The molecular weight excluding hydrogens is 258 g/mol. The van der Waals surface area contributed by atoms with E-state index in [1.807, 2.05) is 0 Å². The van der Waals surface area contributed by atoms with Crippen LogP contribution in [0.25, 0.3) is 0 Å². The van der Waals surface area contributed by atoms with Gasteiger partial charge in [-0.3, -0.25) is 0 Å². The van der Waals surface area contributed by atoms with Crippen molar-refractivity contribution in [2.75, 3.05) is 33.4 Å². The molecule has 5 nitrogen and oxygen atoms in total. The number of esters is 2. The van der Waals surface area contributed by atoms with Gasteiger partial charge in [0.15, 0.2) is 0 Å². The molecule has 0 N–H and O–H groups in total. The van der Waals surface area contributed by atoms with Crippen molar-refractivity contribution in [2.45, 2.75) is 38.5 Å². The molecule has 0 aromatic carbocycles. The van der Waals surface area contributed by atoms with Crippen LogP contribution in [0, 0.1) is 0 Å². The zero-order valence-corrected chi connectivity index (χ0v) is 12.3. The van der Waals surface area contributed by atoms with Crippen molar-refractivity contribution in [2.24, 2.45) is 0 Å².